The second-order valence-corrected chi connectivity index (χ2v) is 8.11. The molecule has 2 bridgehead atoms. The van der Waals surface area contributed by atoms with Gasteiger partial charge in [-0.05, 0) is 56.9 Å². The van der Waals surface area contributed by atoms with Gasteiger partial charge in [-0.15, -0.1) is 0 Å². The highest BCUT2D eigenvalue weighted by Gasteiger charge is 2.40. The van der Waals surface area contributed by atoms with Gasteiger partial charge in [-0.3, -0.25) is 9.59 Å². The van der Waals surface area contributed by atoms with E-state index in [0.29, 0.717) is 37.8 Å². The molecular formula is C18H31N3O3. The molecule has 0 aromatic heterocycles. The molecule has 3 rings (SSSR count). The molecule has 0 radical (unpaired) electrons. The summed E-state index contributed by atoms with van der Waals surface area (Å²) in [5.41, 5.74) is 4.79. The normalized spacial score (nSPS) is 35.9. The van der Waals surface area contributed by atoms with Crippen LogP contribution in [0.25, 0.3) is 0 Å². The molecule has 24 heavy (non-hydrogen) atoms. The van der Waals surface area contributed by atoms with Crippen molar-refractivity contribution in [2.45, 2.75) is 69.4 Å². The second-order valence-electron chi connectivity index (χ2n) is 8.11. The molecule has 3 atom stereocenters. The smallest absolute Gasteiger partial charge is 0.240 e. The first-order valence-corrected chi connectivity index (χ1v) is 9.49. The quantitative estimate of drug-likeness (QED) is 0.624. The molecule has 1 heterocycles. The van der Waals surface area contributed by atoms with E-state index >= 15 is 0 Å². The summed E-state index contributed by atoms with van der Waals surface area (Å²) in [7, 11) is 0. The Kier molecular flexibility index (Phi) is 5.45. The topological polar surface area (TPSA) is 95.7 Å². The molecule has 1 aliphatic heterocycles. The maximum Gasteiger partial charge on any atom is 0.240 e. The first kappa shape index (κ1) is 17.7. The van der Waals surface area contributed by atoms with Gasteiger partial charge in [0.1, 0.15) is 6.04 Å². The van der Waals surface area contributed by atoms with E-state index in [-0.39, 0.29) is 12.5 Å². The van der Waals surface area contributed by atoms with Crippen molar-refractivity contribution in [2.75, 3.05) is 19.6 Å². The van der Waals surface area contributed by atoms with Gasteiger partial charge in [0.05, 0.1) is 12.1 Å². The minimum absolute atomic E-state index is 0.0659. The molecule has 2 aliphatic carbocycles. The monoisotopic (exact) mass is 337 g/mol. The molecule has 4 N–H and O–H groups in total. The van der Waals surface area contributed by atoms with Crippen LogP contribution in [0.4, 0.5) is 0 Å². The number of hydrogen-bond acceptors (Lipinski definition) is 4. The summed E-state index contributed by atoms with van der Waals surface area (Å²) in [4.78, 5) is 25.2. The van der Waals surface area contributed by atoms with Gasteiger partial charge in [-0.25, -0.2) is 0 Å². The van der Waals surface area contributed by atoms with Crippen LogP contribution >= 0.6 is 0 Å². The van der Waals surface area contributed by atoms with Crippen LogP contribution in [0, 0.1) is 11.8 Å². The second kappa shape index (κ2) is 7.40. The third-order valence-electron chi connectivity index (χ3n) is 6.17. The first-order chi connectivity index (χ1) is 11.5. The Bertz CT molecular complexity index is 470. The molecule has 3 unspecified atom stereocenters. The van der Waals surface area contributed by atoms with Crippen LogP contribution in [0.5, 0.6) is 0 Å². The highest BCUT2D eigenvalue weighted by Crippen LogP contribution is 2.45. The lowest BCUT2D eigenvalue weighted by molar-refractivity contribution is -0.136. The lowest BCUT2D eigenvalue weighted by Crippen LogP contribution is -2.47. The van der Waals surface area contributed by atoms with Crippen LogP contribution in [0.1, 0.15) is 57.8 Å². The standard InChI is InChI=1S/C18H31N3O3/c19-17(23)15-5-2-8-21(15)16(22)12-20-7-6-18(24)10-13-3-1-4-14(9-13)11-18/h13-15,20,24H,1-12H2,(H2,19,23). The summed E-state index contributed by atoms with van der Waals surface area (Å²) >= 11 is 0. The summed E-state index contributed by atoms with van der Waals surface area (Å²) in [5.74, 6) is 0.892. The van der Waals surface area contributed by atoms with Gasteiger partial charge in [-0.1, -0.05) is 19.3 Å². The number of primary amides is 1. The van der Waals surface area contributed by atoms with Crippen LogP contribution in [0.3, 0.4) is 0 Å². The summed E-state index contributed by atoms with van der Waals surface area (Å²) < 4.78 is 0. The average molecular weight is 337 g/mol. The third-order valence-corrected chi connectivity index (χ3v) is 6.17. The molecule has 2 amide bonds. The maximum absolute atomic E-state index is 12.2. The molecule has 0 spiro atoms. The predicted octanol–water partition coefficient (Wildman–Crippen LogP) is 0.774. The Morgan fingerprint density at radius 1 is 1.17 bits per heavy atom. The van der Waals surface area contributed by atoms with Crippen molar-refractivity contribution in [3.05, 3.63) is 0 Å². The van der Waals surface area contributed by atoms with Crippen LogP contribution < -0.4 is 11.1 Å². The molecule has 3 aliphatic rings. The molecule has 0 aromatic carbocycles. The Morgan fingerprint density at radius 3 is 2.54 bits per heavy atom. The van der Waals surface area contributed by atoms with E-state index in [2.05, 4.69) is 5.32 Å². The number of nitrogens with two attached hydrogens (primary N) is 1. The van der Waals surface area contributed by atoms with E-state index in [4.69, 9.17) is 5.73 Å². The molecule has 6 heteroatoms. The first-order valence-electron chi connectivity index (χ1n) is 9.49. The minimum Gasteiger partial charge on any atom is -0.390 e. The van der Waals surface area contributed by atoms with Crippen molar-refractivity contribution in [1.29, 1.82) is 0 Å². The summed E-state index contributed by atoms with van der Waals surface area (Å²) in [6.07, 6.45) is 9.15. The van der Waals surface area contributed by atoms with Crippen molar-refractivity contribution in [3.8, 4) is 0 Å². The Hall–Kier alpha value is -1.14. The van der Waals surface area contributed by atoms with Gasteiger partial charge in [-0.2, -0.15) is 0 Å². The molecule has 6 nitrogen and oxygen atoms in total. The van der Waals surface area contributed by atoms with Gasteiger partial charge in [0, 0.05) is 6.54 Å². The van der Waals surface area contributed by atoms with Crippen LogP contribution in [-0.4, -0.2) is 53.1 Å². The summed E-state index contributed by atoms with van der Waals surface area (Å²) in [5, 5.41) is 14.0. The van der Waals surface area contributed by atoms with Crippen molar-refractivity contribution < 1.29 is 14.7 Å². The van der Waals surface area contributed by atoms with E-state index < -0.39 is 17.6 Å². The highest BCUT2D eigenvalue weighted by molar-refractivity contribution is 5.88. The fourth-order valence-corrected chi connectivity index (χ4v) is 5.11. The fraction of sp³-hybridized carbons (Fsp3) is 0.889. The van der Waals surface area contributed by atoms with E-state index in [1.807, 2.05) is 0 Å². The molecule has 2 saturated carbocycles. The number of nitrogens with one attached hydrogen (secondary N) is 1. The number of carbonyl (C=O) groups excluding carboxylic acids is 2. The number of hydrogen-bond donors (Lipinski definition) is 3. The zero-order valence-corrected chi connectivity index (χ0v) is 14.5. The Balaban J connectivity index is 1.40. The number of carbonyl (C=O) groups is 2. The molecule has 136 valence electrons. The van der Waals surface area contributed by atoms with E-state index in [1.54, 1.807) is 4.90 Å². The van der Waals surface area contributed by atoms with Gasteiger partial charge in [0.25, 0.3) is 0 Å². The van der Waals surface area contributed by atoms with Crippen LogP contribution in [0.2, 0.25) is 0 Å². The SMILES string of the molecule is NC(=O)C1CCCN1C(=O)CNCCC1(O)CC2CCCC(C2)C1. The summed E-state index contributed by atoms with van der Waals surface area (Å²) in [6, 6.07) is -0.443. The molecule has 1 saturated heterocycles. The number of fused-ring (bicyclic) bond motifs is 2. The Morgan fingerprint density at radius 2 is 1.88 bits per heavy atom. The molecule has 0 aromatic rings. The lowest BCUT2D eigenvalue weighted by Gasteiger charge is -2.44. The molecule has 3 fully saturated rings. The van der Waals surface area contributed by atoms with Crippen LogP contribution in [-0.2, 0) is 9.59 Å². The Labute approximate surface area is 144 Å². The van der Waals surface area contributed by atoms with E-state index in [9.17, 15) is 14.7 Å². The van der Waals surface area contributed by atoms with Crippen LogP contribution in [0.15, 0.2) is 0 Å². The van der Waals surface area contributed by atoms with Gasteiger partial charge >= 0.3 is 0 Å². The largest absolute Gasteiger partial charge is 0.390 e. The zero-order chi connectivity index (χ0) is 17.2. The fourth-order valence-electron chi connectivity index (χ4n) is 5.11. The highest BCUT2D eigenvalue weighted by atomic mass is 16.3. The van der Waals surface area contributed by atoms with Crippen molar-refractivity contribution >= 4 is 11.8 Å². The van der Waals surface area contributed by atoms with E-state index in [1.165, 1.54) is 25.7 Å². The number of amides is 2. The third kappa shape index (κ3) is 4.09. The van der Waals surface area contributed by atoms with E-state index in [0.717, 1.165) is 19.3 Å². The maximum atomic E-state index is 12.2. The van der Waals surface area contributed by atoms with Gasteiger partial charge in [0.15, 0.2) is 0 Å². The van der Waals surface area contributed by atoms with Crippen molar-refractivity contribution in [3.63, 3.8) is 0 Å². The molecular weight excluding hydrogens is 306 g/mol. The minimum atomic E-state index is -0.562. The van der Waals surface area contributed by atoms with Crippen molar-refractivity contribution in [1.82, 2.24) is 10.2 Å². The zero-order valence-electron chi connectivity index (χ0n) is 14.5. The van der Waals surface area contributed by atoms with Gasteiger partial charge in [0.2, 0.25) is 11.8 Å². The average Bonchev–Trinajstić information content (AvgIpc) is 3.01. The van der Waals surface area contributed by atoms with Crippen molar-refractivity contribution in [2.24, 2.45) is 17.6 Å². The number of aliphatic hydroxyl groups is 1. The van der Waals surface area contributed by atoms with Gasteiger partial charge < -0.3 is 21.1 Å². The number of rotatable bonds is 6. The number of nitrogens with zero attached hydrogens (tertiary/aromatic N) is 1. The number of likely N-dealkylation sites (tertiary alicyclic amines) is 1. The predicted molar refractivity (Wildman–Crippen MR) is 91.0 cm³/mol. The lowest BCUT2D eigenvalue weighted by atomic mass is 9.65. The summed E-state index contributed by atoms with van der Waals surface area (Å²) in [6.45, 7) is 1.46.